The second kappa shape index (κ2) is 6.33. The average molecular weight is 307 g/mol. The SMILES string of the molecule is CSc1ccc(NS(=O)(=O)Cc2ccc(C)cc2)cc1. The van der Waals surface area contributed by atoms with Crippen LogP contribution in [-0.2, 0) is 15.8 Å². The summed E-state index contributed by atoms with van der Waals surface area (Å²) < 4.78 is 26.8. The second-order valence-electron chi connectivity index (χ2n) is 4.58. The van der Waals surface area contributed by atoms with Crippen molar-refractivity contribution in [2.75, 3.05) is 11.0 Å². The van der Waals surface area contributed by atoms with Gasteiger partial charge in [0.2, 0.25) is 10.0 Å². The Labute approximate surface area is 124 Å². The Kier molecular flexibility index (Phi) is 4.73. The molecule has 5 heteroatoms. The van der Waals surface area contributed by atoms with Crippen LogP contribution in [0.5, 0.6) is 0 Å². The van der Waals surface area contributed by atoms with Gasteiger partial charge in [-0.05, 0) is 43.0 Å². The molecular formula is C15H17NO2S2. The molecule has 0 saturated heterocycles. The Morgan fingerprint density at radius 1 is 1.00 bits per heavy atom. The van der Waals surface area contributed by atoms with Crippen LogP contribution in [0.4, 0.5) is 5.69 Å². The van der Waals surface area contributed by atoms with Crippen LogP contribution >= 0.6 is 11.8 Å². The lowest BCUT2D eigenvalue weighted by atomic mass is 10.2. The monoisotopic (exact) mass is 307 g/mol. The summed E-state index contributed by atoms with van der Waals surface area (Å²) in [7, 11) is -3.38. The summed E-state index contributed by atoms with van der Waals surface area (Å²) in [6.07, 6.45) is 1.98. The van der Waals surface area contributed by atoms with E-state index in [0.717, 1.165) is 16.0 Å². The zero-order valence-corrected chi connectivity index (χ0v) is 13.1. The van der Waals surface area contributed by atoms with E-state index in [0.29, 0.717) is 5.69 Å². The summed E-state index contributed by atoms with van der Waals surface area (Å²) in [6.45, 7) is 1.98. The van der Waals surface area contributed by atoms with E-state index in [1.54, 1.807) is 23.9 Å². The summed E-state index contributed by atoms with van der Waals surface area (Å²) in [5.74, 6) is -0.0163. The van der Waals surface area contributed by atoms with Crippen LogP contribution in [0.25, 0.3) is 0 Å². The number of nitrogens with one attached hydrogen (secondary N) is 1. The summed E-state index contributed by atoms with van der Waals surface area (Å²) >= 11 is 1.62. The molecule has 20 heavy (non-hydrogen) atoms. The number of hydrogen-bond acceptors (Lipinski definition) is 3. The minimum Gasteiger partial charge on any atom is -0.283 e. The Bertz CT molecular complexity index is 662. The smallest absolute Gasteiger partial charge is 0.236 e. The maximum Gasteiger partial charge on any atom is 0.236 e. The fourth-order valence-corrected chi connectivity index (χ4v) is 3.39. The third-order valence-electron chi connectivity index (χ3n) is 2.84. The fraction of sp³-hybridized carbons (Fsp3) is 0.200. The summed E-state index contributed by atoms with van der Waals surface area (Å²) in [5.41, 5.74) is 2.49. The molecule has 0 aromatic heterocycles. The molecule has 0 aliphatic heterocycles. The van der Waals surface area contributed by atoms with Crippen molar-refractivity contribution in [3.63, 3.8) is 0 Å². The number of thioether (sulfide) groups is 1. The van der Waals surface area contributed by atoms with Crippen molar-refractivity contribution in [1.29, 1.82) is 0 Å². The van der Waals surface area contributed by atoms with Gasteiger partial charge in [-0.25, -0.2) is 8.42 Å². The highest BCUT2D eigenvalue weighted by molar-refractivity contribution is 7.98. The topological polar surface area (TPSA) is 46.2 Å². The third kappa shape index (κ3) is 4.28. The van der Waals surface area contributed by atoms with Gasteiger partial charge in [0.05, 0.1) is 5.75 Å². The standard InChI is InChI=1S/C15H17NO2S2/c1-12-3-5-13(6-4-12)11-20(17,18)16-14-7-9-15(19-2)10-8-14/h3-10,16H,11H2,1-2H3. The molecule has 0 amide bonds. The molecule has 2 aromatic carbocycles. The van der Waals surface area contributed by atoms with E-state index in [-0.39, 0.29) is 5.75 Å². The maximum atomic E-state index is 12.1. The van der Waals surface area contributed by atoms with E-state index < -0.39 is 10.0 Å². The van der Waals surface area contributed by atoms with Crippen LogP contribution in [0.15, 0.2) is 53.4 Å². The molecule has 0 unspecified atom stereocenters. The lowest BCUT2D eigenvalue weighted by molar-refractivity contribution is 0.600. The van der Waals surface area contributed by atoms with Gasteiger partial charge >= 0.3 is 0 Å². The highest BCUT2D eigenvalue weighted by Crippen LogP contribution is 2.19. The van der Waals surface area contributed by atoms with Crippen molar-refractivity contribution in [3.05, 3.63) is 59.7 Å². The number of benzene rings is 2. The van der Waals surface area contributed by atoms with Gasteiger partial charge < -0.3 is 0 Å². The summed E-state index contributed by atoms with van der Waals surface area (Å²) in [6, 6.07) is 14.9. The van der Waals surface area contributed by atoms with Crippen molar-refractivity contribution in [3.8, 4) is 0 Å². The first-order valence-corrected chi connectivity index (χ1v) is 9.06. The van der Waals surface area contributed by atoms with Crippen LogP contribution in [0.2, 0.25) is 0 Å². The minimum absolute atomic E-state index is 0.0163. The molecule has 2 rings (SSSR count). The third-order valence-corrected chi connectivity index (χ3v) is 4.84. The van der Waals surface area contributed by atoms with Crippen molar-refractivity contribution < 1.29 is 8.42 Å². The molecule has 0 atom stereocenters. The number of rotatable bonds is 5. The van der Waals surface area contributed by atoms with E-state index in [1.165, 1.54) is 0 Å². The van der Waals surface area contributed by atoms with Gasteiger partial charge in [-0.2, -0.15) is 0 Å². The molecule has 0 radical (unpaired) electrons. The van der Waals surface area contributed by atoms with Crippen molar-refractivity contribution in [2.24, 2.45) is 0 Å². The fourth-order valence-electron chi connectivity index (χ4n) is 1.78. The molecule has 0 aliphatic carbocycles. The zero-order chi connectivity index (χ0) is 14.6. The zero-order valence-electron chi connectivity index (χ0n) is 11.5. The molecule has 0 bridgehead atoms. The Morgan fingerprint density at radius 2 is 1.60 bits per heavy atom. The van der Waals surface area contributed by atoms with Gasteiger partial charge in [0, 0.05) is 10.6 Å². The first kappa shape index (κ1) is 14.9. The maximum absolute atomic E-state index is 12.1. The van der Waals surface area contributed by atoms with E-state index in [1.807, 2.05) is 49.6 Å². The summed E-state index contributed by atoms with van der Waals surface area (Å²) in [5, 5.41) is 0. The normalized spacial score (nSPS) is 11.3. The van der Waals surface area contributed by atoms with E-state index in [9.17, 15) is 8.42 Å². The van der Waals surface area contributed by atoms with Gasteiger partial charge in [-0.1, -0.05) is 29.8 Å². The van der Waals surface area contributed by atoms with Gasteiger partial charge in [0.25, 0.3) is 0 Å². The molecule has 1 N–H and O–H groups in total. The van der Waals surface area contributed by atoms with Gasteiger partial charge in [0.1, 0.15) is 0 Å². The van der Waals surface area contributed by atoms with Crippen LogP contribution in [-0.4, -0.2) is 14.7 Å². The first-order chi connectivity index (χ1) is 9.48. The molecule has 106 valence electrons. The van der Waals surface area contributed by atoms with Crippen LogP contribution < -0.4 is 4.72 Å². The lowest BCUT2D eigenvalue weighted by Crippen LogP contribution is -2.15. The molecule has 0 heterocycles. The predicted octanol–water partition coefficient (Wildman–Crippen LogP) is 3.66. The van der Waals surface area contributed by atoms with Crippen molar-refractivity contribution in [2.45, 2.75) is 17.6 Å². The molecular weight excluding hydrogens is 290 g/mol. The highest BCUT2D eigenvalue weighted by atomic mass is 32.2. The van der Waals surface area contributed by atoms with Crippen LogP contribution in [0.3, 0.4) is 0 Å². The van der Waals surface area contributed by atoms with Crippen molar-refractivity contribution >= 4 is 27.5 Å². The van der Waals surface area contributed by atoms with Crippen LogP contribution in [0, 0.1) is 6.92 Å². The minimum atomic E-state index is -3.38. The molecule has 0 aliphatic rings. The van der Waals surface area contributed by atoms with Crippen LogP contribution in [0.1, 0.15) is 11.1 Å². The van der Waals surface area contributed by atoms with E-state index >= 15 is 0 Å². The van der Waals surface area contributed by atoms with Gasteiger partial charge in [-0.3, -0.25) is 4.72 Å². The van der Waals surface area contributed by atoms with Gasteiger partial charge in [-0.15, -0.1) is 11.8 Å². The highest BCUT2D eigenvalue weighted by Gasteiger charge is 2.11. The largest absolute Gasteiger partial charge is 0.283 e. The lowest BCUT2D eigenvalue weighted by Gasteiger charge is -2.08. The molecule has 2 aromatic rings. The average Bonchev–Trinajstić information content (AvgIpc) is 2.41. The quantitative estimate of drug-likeness (QED) is 0.858. The predicted molar refractivity (Wildman–Crippen MR) is 85.6 cm³/mol. The van der Waals surface area contributed by atoms with Gasteiger partial charge in [0.15, 0.2) is 0 Å². The molecule has 0 spiro atoms. The first-order valence-electron chi connectivity index (χ1n) is 6.18. The second-order valence-corrected chi connectivity index (χ2v) is 7.18. The molecule has 3 nitrogen and oxygen atoms in total. The number of aryl methyl sites for hydroxylation is 1. The summed E-state index contributed by atoms with van der Waals surface area (Å²) in [4.78, 5) is 1.10. The number of sulfonamides is 1. The van der Waals surface area contributed by atoms with Crippen molar-refractivity contribution in [1.82, 2.24) is 0 Å². The van der Waals surface area contributed by atoms with E-state index in [2.05, 4.69) is 4.72 Å². The number of hydrogen-bond donors (Lipinski definition) is 1. The Morgan fingerprint density at radius 3 is 2.15 bits per heavy atom. The molecule has 0 saturated carbocycles. The van der Waals surface area contributed by atoms with E-state index in [4.69, 9.17) is 0 Å². The number of anilines is 1. The molecule has 0 fully saturated rings. The Balaban J connectivity index is 2.08. The Hall–Kier alpha value is -1.46.